The van der Waals surface area contributed by atoms with Crippen molar-refractivity contribution >= 4 is 11.9 Å². The molecule has 156 valence electrons. The Hall–Kier alpha value is -3.09. The molecule has 0 radical (unpaired) electrons. The fourth-order valence-electron chi connectivity index (χ4n) is 2.65. The number of rotatable bonds is 10. The number of pyridine rings is 1. The fraction of sp³-hybridized carbons (Fsp3) is 0.409. The van der Waals surface area contributed by atoms with E-state index in [0.717, 1.165) is 18.4 Å². The summed E-state index contributed by atoms with van der Waals surface area (Å²) in [5, 5.41) is 2.83. The lowest BCUT2D eigenvalue weighted by atomic mass is 10.1. The number of benzene rings is 1. The average molecular weight is 400 g/mol. The summed E-state index contributed by atoms with van der Waals surface area (Å²) in [7, 11) is 1.59. The highest BCUT2D eigenvalue weighted by Crippen LogP contribution is 2.28. The van der Waals surface area contributed by atoms with Crippen molar-refractivity contribution in [2.45, 2.75) is 40.2 Å². The number of nitrogens with one attached hydrogen (secondary N) is 1. The molecule has 1 amide bonds. The van der Waals surface area contributed by atoms with Gasteiger partial charge in [0.25, 0.3) is 5.91 Å². The highest BCUT2D eigenvalue weighted by molar-refractivity contribution is 5.95. The summed E-state index contributed by atoms with van der Waals surface area (Å²) in [6.07, 6.45) is 2.03. The molecule has 0 saturated heterocycles. The number of ether oxygens (including phenoxy) is 3. The molecule has 1 aromatic heterocycles. The first kappa shape index (κ1) is 22.2. The molecule has 0 saturated carbocycles. The van der Waals surface area contributed by atoms with E-state index in [4.69, 9.17) is 14.2 Å². The summed E-state index contributed by atoms with van der Waals surface area (Å²) in [4.78, 5) is 28.5. The van der Waals surface area contributed by atoms with Crippen molar-refractivity contribution in [1.82, 2.24) is 10.3 Å². The van der Waals surface area contributed by atoms with Crippen molar-refractivity contribution in [3.63, 3.8) is 0 Å². The van der Waals surface area contributed by atoms with E-state index in [2.05, 4.69) is 17.2 Å². The van der Waals surface area contributed by atoms with Gasteiger partial charge >= 0.3 is 5.97 Å². The van der Waals surface area contributed by atoms with Gasteiger partial charge in [-0.15, -0.1) is 0 Å². The van der Waals surface area contributed by atoms with E-state index < -0.39 is 5.97 Å². The van der Waals surface area contributed by atoms with Gasteiger partial charge in [0.1, 0.15) is 5.69 Å². The van der Waals surface area contributed by atoms with Crippen molar-refractivity contribution in [2.24, 2.45) is 0 Å². The maximum absolute atomic E-state index is 12.4. The van der Waals surface area contributed by atoms with Gasteiger partial charge in [-0.1, -0.05) is 19.4 Å². The molecule has 0 fully saturated rings. The Kier molecular flexibility index (Phi) is 8.45. The van der Waals surface area contributed by atoms with Gasteiger partial charge < -0.3 is 19.5 Å². The zero-order valence-electron chi connectivity index (χ0n) is 17.4. The minimum Gasteiger partial charge on any atom is -0.493 e. The minimum absolute atomic E-state index is 0.238. The van der Waals surface area contributed by atoms with Crippen molar-refractivity contribution in [2.75, 3.05) is 20.3 Å². The zero-order valence-corrected chi connectivity index (χ0v) is 17.4. The number of esters is 1. The maximum atomic E-state index is 12.4. The molecule has 7 nitrogen and oxygen atoms in total. The molecular weight excluding hydrogens is 372 g/mol. The van der Waals surface area contributed by atoms with E-state index >= 15 is 0 Å². The molecule has 0 aliphatic carbocycles. The molecule has 29 heavy (non-hydrogen) atoms. The van der Waals surface area contributed by atoms with Crippen molar-refractivity contribution < 1.29 is 23.8 Å². The molecule has 0 atom stereocenters. The highest BCUT2D eigenvalue weighted by atomic mass is 16.5. The molecule has 0 bridgehead atoms. The monoisotopic (exact) mass is 400 g/mol. The topological polar surface area (TPSA) is 86.8 Å². The van der Waals surface area contributed by atoms with Crippen LogP contribution in [0.25, 0.3) is 0 Å². The number of carbonyl (C=O) groups excluding carboxylic acids is 2. The third-order valence-electron chi connectivity index (χ3n) is 4.25. The highest BCUT2D eigenvalue weighted by Gasteiger charge is 2.15. The summed E-state index contributed by atoms with van der Waals surface area (Å²) < 4.78 is 16.1. The van der Waals surface area contributed by atoms with Crippen LogP contribution in [0, 0.1) is 6.92 Å². The molecule has 0 aliphatic rings. The van der Waals surface area contributed by atoms with Crippen LogP contribution in [-0.2, 0) is 11.3 Å². The average Bonchev–Trinajstić information content (AvgIpc) is 2.72. The van der Waals surface area contributed by atoms with Gasteiger partial charge in [-0.3, -0.25) is 4.79 Å². The SMILES string of the molecule is CCCCOc1ccc(CNC(=O)c2ccc(C(=O)OCC)c(C)n2)cc1OC. The van der Waals surface area contributed by atoms with Crippen molar-refractivity contribution in [3.8, 4) is 11.5 Å². The number of methoxy groups -OCH3 is 1. The van der Waals surface area contributed by atoms with E-state index in [1.807, 2.05) is 18.2 Å². The Balaban J connectivity index is 2.01. The molecule has 1 N–H and O–H groups in total. The Morgan fingerprint density at radius 3 is 2.55 bits per heavy atom. The largest absolute Gasteiger partial charge is 0.493 e. The van der Waals surface area contributed by atoms with Gasteiger partial charge in [-0.25, -0.2) is 9.78 Å². The molecule has 2 aromatic rings. The Labute approximate surface area is 171 Å². The van der Waals surface area contributed by atoms with Gasteiger partial charge in [0, 0.05) is 6.54 Å². The van der Waals surface area contributed by atoms with Crippen molar-refractivity contribution in [3.05, 3.63) is 52.8 Å². The lowest BCUT2D eigenvalue weighted by molar-refractivity contribution is 0.0524. The molecule has 7 heteroatoms. The Bertz CT molecular complexity index is 851. The van der Waals surface area contributed by atoms with Gasteiger partial charge in [0.15, 0.2) is 11.5 Å². The molecule has 0 aliphatic heterocycles. The second-order valence-corrected chi connectivity index (χ2v) is 6.42. The molecule has 1 aromatic carbocycles. The summed E-state index contributed by atoms with van der Waals surface area (Å²) in [6, 6.07) is 8.63. The van der Waals surface area contributed by atoms with Crippen LogP contribution in [-0.4, -0.2) is 37.2 Å². The number of hydrogen-bond donors (Lipinski definition) is 1. The predicted molar refractivity (Wildman–Crippen MR) is 109 cm³/mol. The molecular formula is C22H28N2O5. The lowest BCUT2D eigenvalue weighted by Crippen LogP contribution is -2.24. The number of aromatic nitrogens is 1. The Morgan fingerprint density at radius 1 is 1.10 bits per heavy atom. The maximum Gasteiger partial charge on any atom is 0.339 e. The van der Waals surface area contributed by atoms with E-state index in [1.165, 1.54) is 6.07 Å². The summed E-state index contributed by atoms with van der Waals surface area (Å²) >= 11 is 0. The first-order chi connectivity index (χ1) is 14.0. The van der Waals surface area contributed by atoms with E-state index in [-0.39, 0.29) is 18.2 Å². The van der Waals surface area contributed by atoms with Crippen LogP contribution in [0.15, 0.2) is 30.3 Å². The third kappa shape index (κ3) is 6.20. The minimum atomic E-state index is -0.446. The second kappa shape index (κ2) is 11.0. The molecule has 2 rings (SSSR count). The Morgan fingerprint density at radius 2 is 1.90 bits per heavy atom. The van der Waals surface area contributed by atoms with Crippen LogP contribution in [0.4, 0.5) is 0 Å². The normalized spacial score (nSPS) is 10.3. The van der Waals surface area contributed by atoms with Crippen LogP contribution in [0.1, 0.15) is 58.8 Å². The first-order valence-corrected chi connectivity index (χ1v) is 9.72. The summed E-state index contributed by atoms with van der Waals surface area (Å²) in [5.41, 5.74) is 1.91. The quantitative estimate of drug-likeness (QED) is 0.484. The number of amides is 1. The number of carbonyl (C=O) groups is 2. The molecule has 0 spiro atoms. The molecule has 1 heterocycles. The van der Waals surface area contributed by atoms with Crippen LogP contribution < -0.4 is 14.8 Å². The van der Waals surface area contributed by atoms with Gasteiger partial charge in [0.2, 0.25) is 0 Å². The third-order valence-corrected chi connectivity index (χ3v) is 4.25. The van der Waals surface area contributed by atoms with Gasteiger partial charge in [-0.2, -0.15) is 0 Å². The van der Waals surface area contributed by atoms with Crippen molar-refractivity contribution in [1.29, 1.82) is 0 Å². The standard InChI is InChI=1S/C22H28N2O5/c1-5-7-12-29-19-11-8-16(13-20(19)27-4)14-23-21(25)18-10-9-17(15(3)24-18)22(26)28-6-2/h8-11,13H,5-7,12,14H2,1-4H3,(H,23,25). The van der Waals surface area contributed by atoms with E-state index in [9.17, 15) is 9.59 Å². The van der Waals surface area contributed by atoms with Gasteiger partial charge in [0.05, 0.1) is 31.6 Å². The van der Waals surface area contributed by atoms with Crippen LogP contribution in [0.2, 0.25) is 0 Å². The second-order valence-electron chi connectivity index (χ2n) is 6.42. The number of unbranched alkanes of at least 4 members (excludes halogenated alkanes) is 1. The first-order valence-electron chi connectivity index (χ1n) is 9.72. The number of aryl methyl sites for hydroxylation is 1. The van der Waals surface area contributed by atoms with Crippen LogP contribution in [0.5, 0.6) is 11.5 Å². The smallest absolute Gasteiger partial charge is 0.339 e. The molecule has 0 unspecified atom stereocenters. The zero-order chi connectivity index (χ0) is 21.2. The number of hydrogen-bond acceptors (Lipinski definition) is 6. The van der Waals surface area contributed by atoms with Gasteiger partial charge in [-0.05, 0) is 50.1 Å². The van der Waals surface area contributed by atoms with E-state index in [0.29, 0.717) is 35.9 Å². The predicted octanol–water partition coefficient (Wildman–Crippen LogP) is 3.68. The summed E-state index contributed by atoms with van der Waals surface area (Å²) in [5.74, 6) is 0.534. The van der Waals surface area contributed by atoms with E-state index in [1.54, 1.807) is 27.0 Å². The summed E-state index contributed by atoms with van der Waals surface area (Å²) in [6.45, 7) is 6.74. The van der Waals surface area contributed by atoms with Crippen LogP contribution in [0.3, 0.4) is 0 Å². The number of nitrogens with zero attached hydrogens (tertiary/aromatic N) is 1. The van der Waals surface area contributed by atoms with Crippen LogP contribution >= 0.6 is 0 Å². The lowest BCUT2D eigenvalue weighted by Gasteiger charge is -2.12. The fourth-order valence-corrected chi connectivity index (χ4v) is 2.65.